The maximum Gasteiger partial charge on any atom is 0.356 e. The lowest BCUT2D eigenvalue weighted by Gasteiger charge is -2.06. The molecule has 0 fully saturated rings. The number of nitrogens with zero attached hydrogens (tertiary/aromatic N) is 1. The number of pyridine rings is 1. The third-order valence-corrected chi connectivity index (χ3v) is 2.54. The Morgan fingerprint density at radius 3 is 2.00 bits per heavy atom. The van der Waals surface area contributed by atoms with Gasteiger partial charge in [-0.3, -0.25) is 0 Å². The van der Waals surface area contributed by atoms with E-state index in [9.17, 15) is 9.59 Å². The minimum atomic E-state index is -0.559. The van der Waals surface area contributed by atoms with E-state index in [0.29, 0.717) is 26.4 Å². The molecule has 122 valence electrons. The maximum atomic E-state index is 11.7. The molecule has 0 aliphatic rings. The van der Waals surface area contributed by atoms with Crippen LogP contribution in [-0.2, 0) is 18.9 Å². The van der Waals surface area contributed by atoms with Gasteiger partial charge in [0.25, 0.3) is 0 Å². The second-order valence-electron chi connectivity index (χ2n) is 4.10. The Labute approximate surface area is 129 Å². The minimum absolute atomic E-state index is 0.127. The highest BCUT2D eigenvalue weighted by Crippen LogP contribution is 2.04. The Hall–Kier alpha value is -1.99. The van der Waals surface area contributed by atoms with Gasteiger partial charge in [-0.15, -0.1) is 0 Å². The Bertz CT molecular complexity index is 417. The van der Waals surface area contributed by atoms with Crippen molar-refractivity contribution in [1.29, 1.82) is 0 Å². The van der Waals surface area contributed by atoms with Crippen molar-refractivity contribution in [3.8, 4) is 0 Å². The van der Waals surface area contributed by atoms with Crippen LogP contribution in [0.15, 0.2) is 18.3 Å². The lowest BCUT2D eigenvalue weighted by molar-refractivity contribution is 0.0320. The number of rotatable bonds is 10. The van der Waals surface area contributed by atoms with Gasteiger partial charge in [0.2, 0.25) is 0 Å². The van der Waals surface area contributed by atoms with Gasteiger partial charge in [-0.25, -0.2) is 14.6 Å². The van der Waals surface area contributed by atoms with Gasteiger partial charge in [-0.1, -0.05) is 0 Å². The average Bonchev–Trinajstić information content (AvgIpc) is 2.55. The number of hydrogen-bond donors (Lipinski definition) is 0. The van der Waals surface area contributed by atoms with Crippen molar-refractivity contribution >= 4 is 11.9 Å². The summed E-state index contributed by atoms with van der Waals surface area (Å²) < 4.78 is 20.1. The highest BCUT2D eigenvalue weighted by molar-refractivity contribution is 5.91. The minimum Gasteiger partial charge on any atom is -0.460 e. The van der Waals surface area contributed by atoms with Gasteiger partial charge in [0, 0.05) is 19.4 Å². The molecular weight excluding hydrogens is 290 g/mol. The van der Waals surface area contributed by atoms with Crippen LogP contribution >= 0.6 is 0 Å². The summed E-state index contributed by atoms with van der Waals surface area (Å²) in [6.07, 6.45) is 1.28. The number of aromatic nitrogens is 1. The van der Waals surface area contributed by atoms with Crippen molar-refractivity contribution in [1.82, 2.24) is 4.98 Å². The SMILES string of the molecule is CCOCCOC(=O)c1ccc(C(=O)OCCOCC)nc1. The lowest BCUT2D eigenvalue weighted by atomic mass is 10.2. The summed E-state index contributed by atoms with van der Waals surface area (Å²) in [5.74, 6) is -1.07. The van der Waals surface area contributed by atoms with Crippen molar-refractivity contribution in [2.24, 2.45) is 0 Å². The van der Waals surface area contributed by atoms with Crippen molar-refractivity contribution in [2.45, 2.75) is 13.8 Å². The molecule has 0 bridgehead atoms. The fourth-order valence-electron chi connectivity index (χ4n) is 1.47. The quantitative estimate of drug-likeness (QED) is 0.478. The molecule has 1 aromatic rings. The molecule has 0 aliphatic carbocycles. The van der Waals surface area contributed by atoms with Crippen LogP contribution < -0.4 is 0 Å². The van der Waals surface area contributed by atoms with E-state index in [1.807, 2.05) is 13.8 Å². The Morgan fingerprint density at radius 2 is 1.50 bits per heavy atom. The van der Waals surface area contributed by atoms with E-state index in [1.165, 1.54) is 18.3 Å². The molecule has 1 rings (SSSR count). The van der Waals surface area contributed by atoms with Crippen LogP contribution in [0.1, 0.15) is 34.7 Å². The third kappa shape index (κ3) is 6.64. The molecule has 0 saturated carbocycles. The first kappa shape index (κ1) is 18.1. The highest BCUT2D eigenvalue weighted by Gasteiger charge is 2.12. The summed E-state index contributed by atoms with van der Waals surface area (Å²) in [5.41, 5.74) is 0.393. The second kappa shape index (κ2) is 10.7. The number of esters is 2. The molecule has 22 heavy (non-hydrogen) atoms. The van der Waals surface area contributed by atoms with Crippen molar-refractivity contribution in [3.63, 3.8) is 0 Å². The summed E-state index contributed by atoms with van der Waals surface area (Å²) >= 11 is 0. The molecule has 0 aromatic carbocycles. The predicted molar refractivity (Wildman–Crippen MR) is 77.8 cm³/mol. The van der Waals surface area contributed by atoms with Gasteiger partial charge in [-0.05, 0) is 26.0 Å². The van der Waals surface area contributed by atoms with Crippen molar-refractivity contribution in [3.05, 3.63) is 29.6 Å². The van der Waals surface area contributed by atoms with Gasteiger partial charge in [0.1, 0.15) is 18.9 Å². The van der Waals surface area contributed by atoms with Crippen LogP contribution in [0.25, 0.3) is 0 Å². The van der Waals surface area contributed by atoms with Crippen LogP contribution in [0.4, 0.5) is 0 Å². The number of ether oxygens (including phenoxy) is 4. The first-order valence-corrected chi connectivity index (χ1v) is 7.14. The van der Waals surface area contributed by atoms with Crippen LogP contribution in [-0.4, -0.2) is 56.6 Å². The van der Waals surface area contributed by atoms with E-state index in [0.717, 1.165) is 0 Å². The molecule has 1 heterocycles. The largest absolute Gasteiger partial charge is 0.460 e. The van der Waals surface area contributed by atoms with E-state index in [4.69, 9.17) is 18.9 Å². The summed E-state index contributed by atoms with van der Waals surface area (Å²) in [6, 6.07) is 2.89. The monoisotopic (exact) mass is 311 g/mol. The Kier molecular flexibility index (Phi) is 8.78. The van der Waals surface area contributed by atoms with Crippen molar-refractivity contribution in [2.75, 3.05) is 39.6 Å². The molecule has 0 radical (unpaired) electrons. The first-order chi connectivity index (χ1) is 10.7. The van der Waals surface area contributed by atoms with Gasteiger partial charge < -0.3 is 18.9 Å². The molecule has 0 amide bonds. The van der Waals surface area contributed by atoms with Gasteiger partial charge in [0.05, 0.1) is 18.8 Å². The molecule has 0 atom stereocenters. The molecular formula is C15H21NO6. The normalized spacial score (nSPS) is 10.3. The number of carbonyl (C=O) groups is 2. The topological polar surface area (TPSA) is 84.0 Å². The molecule has 0 saturated heterocycles. The Morgan fingerprint density at radius 1 is 0.909 bits per heavy atom. The zero-order chi connectivity index (χ0) is 16.2. The smallest absolute Gasteiger partial charge is 0.356 e. The van der Waals surface area contributed by atoms with Gasteiger partial charge >= 0.3 is 11.9 Å². The summed E-state index contributed by atoms with van der Waals surface area (Å²) in [7, 11) is 0. The maximum absolute atomic E-state index is 11.7. The molecule has 0 aliphatic heterocycles. The summed E-state index contributed by atoms with van der Waals surface area (Å²) in [4.78, 5) is 27.2. The van der Waals surface area contributed by atoms with Crippen LogP contribution in [0.3, 0.4) is 0 Å². The van der Waals surface area contributed by atoms with Gasteiger partial charge in [0.15, 0.2) is 0 Å². The van der Waals surface area contributed by atoms with E-state index in [2.05, 4.69) is 4.98 Å². The fourth-order valence-corrected chi connectivity index (χ4v) is 1.47. The third-order valence-electron chi connectivity index (χ3n) is 2.54. The van der Waals surface area contributed by atoms with Crippen molar-refractivity contribution < 1.29 is 28.5 Å². The lowest BCUT2D eigenvalue weighted by Crippen LogP contribution is -2.14. The summed E-state index contributed by atoms with van der Waals surface area (Å²) in [6.45, 7) is 5.87. The van der Waals surface area contributed by atoms with Gasteiger partial charge in [-0.2, -0.15) is 0 Å². The van der Waals surface area contributed by atoms with Crippen LogP contribution in [0.2, 0.25) is 0 Å². The zero-order valence-corrected chi connectivity index (χ0v) is 12.9. The molecule has 0 unspecified atom stereocenters. The second-order valence-corrected chi connectivity index (χ2v) is 4.10. The molecule has 7 nitrogen and oxygen atoms in total. The van der Waals surface area contributed by atoms with Crippen LogP contribution in [0.5, 0.6) is 0 Å². The fraction of sp³-hybridized carbons (Fsp3) is 0.533. The average molecular weight is 311 g/mol. The zero-order valence-electron chi connectivity index (χ0n) is 12.9. The number of hydrogen-bond acceptors (Lipinski definition) is 7. The molecule has 7 heteroatoms. The highest BCUT2D eigenvalue weighted by atomic mass is 16.6. The molecule has 0 spiro atoms. The number of carbonyl (C=O) groups excluding carboxylic acids is 2. The standard InChI is InChI=1S/C15H21NO6/c1-3-19-7-9-21-14(17)12-5-6-13(16-11-12)15(18)22-10-8-20-4-2/h5-6,11H,3-4,7-10H2,1-2H3. The van der Waals surface area contributed by atoms with E-state index in [-0.39, 0.29) is 24.5 Å². The van der Waals surface area contributed by atoms with E-state index >= 15 is 0 Å². The van der Waals surface area contributed by atoms with E-state index < -0.39 is 11.9 Å². The first-order valence-electron chi connectivity index (χ1n) is 7.14. The molecule has 0 N–H and O–H groups in total. The Balaban J connectivity index is 2.41. The summed E-state index contributed by atoms with van der Waals surface area (Å²) in [5, 5.41) is 0. The van der Waals surface area contributed by atoms with Crippen LogP contribution in [0, 0.1) is 0 Å². The molecule has 1 aromatic heterocycles. The predicted octanol–water partition coefficient (Wildman–Crippen LogP) is 1.47. The van der Waals surface area contributed by atoms with E-state index in [1.54, 1.807) is 0 Å².